The van der Waals surface area contributed by atoms with Crippen LogP contribution in [0.4, 0.5) is 0 Å². The maximum Gasteiger partial charge on any atom is 0.246 e. The van der Waals surface area contributed by atoms with E-state index in [1.54, 1.807) is 27.7 Å². The predicted octanol–water partition coefficient (Wildman–Crippen LogP) is 2.41. The molecule has 1 atom stereocenters. The van der Waals surface area contributed by atoms with E-state index < -0.39 is 10.0 Å². The van der Waals surface area contributed by atoms with Crippen molar-refractivity contribution in [3.63, 3.8) is 0 Å². The van der Waals surface area contributed by atoms with Gasteiger partial charge in [0, 0.05) is 13.1 Å². The zero-order valence-electron chi connectivity index (χ0n) is 16.6. The third-order valence-corrected chi connectivity index (χ3v) is 6.89. The lowest BCUT2D eigenvalue weighted by atomic mass is 10.1. The molecule has 8 heteroatoms. The summed E-state index contributed by atoms with van der Waals surface area (Å²) in [5.41, 5.74) is 1.88. The molecule has 148 valence electrons. The average Bonchev–Trinajstić information content (AvgIpc) is 2.90. The fourth-order valence-corrected chi connectivity index (χ4v) is 4.98. The summed E-state index contributed by atoms with van der Waals surface area (Å²) in [6, 6.07) is 9.51. The molecule has 1 amide bonds. The highest BCUT2D eigenvalue weighted by molar-refractivity contribution is 7.89. The van der Waals surface area contributed by atoms with Crippen molar-refractivity contribution < 1.29 is 13.2 Å². The molecule has 27 heavy (non-hydrogen) atoms. The van der Waals surface area contributed by atoms with Crippen molar-refractivity contribution in [3.05, 3.63) is 47.3 Å². The second kappa shape index (κ2) is 8.67. The van der Waals surface area contributed by atoms with Gasteiger partial charge in [-0.1, -0.05) is 44.2 Å². The zero-order valence-corrected chi connectivity index (χ0v) is 17.4. The molecular weight excluding hydrogens is 364 g/mol. The first-order valence-electron chi connectivity index (χ1n) is 9.10. The van der Waals surface area contributed by atoms with Gasteiger partial charge in [0.1, 0.15) is 11.4 Å². The summed E-state index contributed by atoms with van der Waals surface area (Å²) in [7, 11) is -3.63. The first kappa shape index (κ1) is 21.1. The number of aromatic nitrogens is 2. The molecule has 1 N–H and O–H groups in total. The average molecular weight is 393 g/mol. The van der Waals surface area contributed by atoms with Gasteiger partial charge in [0.2, 0.25) is 15.9 Å². The Labute approximate surface area is 161 Å². The number of hydrogen-bond donors (Lipinski definition) is 1. The maximum absolute atomic E-state index is 12.9. The van der Waals surface area contributed by atoms with Crippen LogP contribution >= 0.6 is 0 Å². The monoisotopic (exact) mass is 392 g/mol. The molecule has 0 fully saturated rings. The van der Waals surface area contributed by atoms with E-state index in [0.717, 1.165) is 5.56 Å². The van der Waals surface area contributed by atoms with Gasteiger partial charge in [-0.15, -0.1) is 0 Å². The van der Waals surface area contributed by atoms with Crippen molar-refractivity contribution in [2.45, 2.75) is 52.1 Å². The summed E-state index contributed by atoms with van der Waals surface area (Å²) in [5, 5.41) is 7.22. The van der Waals surface area contributed by atoms with Gasteiger partial charge in [-0.2, -0.15) is 9.40 Å². The van der Waals surface area contributed by atoms with Crippen molar-refractivity contribution >= 4 is 15.9 Å². The second-order valence-electron chi connectivity index (χ2n) is 6.45. The molecular formula is C19H28N4O3S. The number of hydrogen-bond acceptors (Lipinski definition) is 4. The predicted molar refractivity (Wildman–Crippen MR) is 105 cm³/mol. The smallest absolute Gasteiger partial charge is 0.246 e. The third-order valence-electron chi connectivity index (χ3n) is 4.59. The van der Waals surface area contributed by atoms with Crippen molar-refractivity contribution in [2.75, 3.05) is 13.1 Å². The maximum atomic E-state index is 12.9. The highest BCUT2D eigenvalue weighted by Crippen LogP contribution is 2.23. The SMILES string of the molecule is CCN(CC)S(=O)(=O)c1c(C)nn(CC(=O)NC(C)c2ccccc2)c1C. The summed E-state index contributed by atoms with van der Waals surface area (Å²) in [5.74, 6) is -0.219. The molecule has 0 spiro atoms. The summed E-state index contributed by atoms with van der Waals surface area (Å²) in [6.07, 6.45) is 0. The van der Waals surface area contributed by atoms with E-state index in [-0.39, 0.29) is 23.4 Å². The molecule has 1 aromatic carbocycles. The molecule has 0 aliphatic rings. The van der Waals surface area contributed by atoms with Gasteiger partial charge in [0.05, 0.1) is 17.4 Å². The zero-order chi connectivity index (χ0) is 20.2. The fourth-order valence-electron chi connectivity index (χ4n) is 3.15. The molecule has 1 heterocycles. The Morgan fingerprint density at radius 1 is 1.19 bits per heavy atom. The highest BCUT2D eigenvalue weighted by Gasteiger charge is 2.29. The molecule has 7 nitrogen and oxygen atoms in total. The van der Waals surface area contributed by atoms with Crippen LogP contribution in [0.15, 0.2) is 35.2 Å². The summed E-state index contributed by atoms with van der Waals surface area (Å²) in [4.78, 5) is 12.6. The number of rotatable bonds is 8. The molecule has 0 bridgehead atoms. The number of carbonyl (C=O) groups excluding carboxylic acids is 1. The van der Waals surface area contributed by atoms with E-state index >= 15 is 0 Å². The number of sulfonamides is 1. The van der Waals surface area contributed by atoms with E-state index in [4.69, 9.17) is 0 Å². The van der Waals surface area contributed by atoms with Crippen LogP contribution in [0.25, 0.3) is 0 Å². The first-order chi connectivity index (χ1) is 12.7. The van der Waals surface area contributed by atoms with E-state index in [1.807, 2.05) is 37.3 Å². The standard InChI is InChI=1S/C19H28N4O3S/c1-6-22(7-2)27(25,26)19-15(4)21-23(16(19)5)13-18(24)20-14(3)17-11-9-8-10-12-17/h8-12,14H,6-7,13H2,1-5H3,(H,20,24). The van der Waals surface area contributed by atoms with Gasteiger partial charge in [0.15, 0.2) is 0 Å². The van der Waals surface area contributed by atoms with Crippen LogP contribution in [0, 0.1) is 13.8 Å². The van der Waals surface area contributed by atoms with E-state index in [1.165, 1.54) is 8.99 Å². The van der Waals surface area contributed by atoms with Crippen molar-refractivity contribution in [2.24, 2.45) is 0 Å². The second-order valence-corrected chi connectivity index (χ2v) is 8.32. The quantitative estimate of drug-likeness (QED) is 0.748. The van der Waals surface area contributed by atoms with Gasteiger partial charge < -0.3 is 5.32 Å². The Bertz CT molecular complexity index is 887. The Morgan fingerprint density at radius 3 is 2.33 bits per heavy atom. The van der Waals surface area contributed by atoms with Gasteiger partial charge in [0.25, 0.3) is 0 Å². The van der Waals surface area contributed by atoms with Gasteiger partial charge in [-0.3, -0.25) is 9.48 Å². The lowest BCUT2D eigenvalue weighted by Gasteiger charge is -2.18. The van der Waals surface area contributed by atoms with Crippen LogP contribution in [0.1, 0.15) is 43.8 Å². The molecule has 1 unspecified atom stereocenters. The van der Waals surface area contributed by atoms with Gasteiger partial charge in [-0.25, -0.2) is 8.42 Å². The molecule has 0 saturated heterocycles. The molecule has 0 aliphatic carbocycles. The van der Waals surface area contributed by atoms with Crippen LogP contribution < -0.4 is 5.32 Å². The summed E-state index contributed by atoms with van der Waals surface area (Å²) >= 11 is 0. The summed E-state index contributed by atoms with van der Waals surface area (Å²) in [6.45, 7) is 9.59. The molecule has 0 saturated carbocycles. The van der Waals surface area contributed by atoms with Gasteiger partial charge >= 0.3 is 0 Å². The molecule has 1 aromatic heterocycles. The number of benzene rings is 1. The van der Waals surface area contributed by atoms with E-state index in [9.17, 15) is 13.2 Å². The first-order valence-corrected chi connectivity index (χ1v) is 10.5. The lowest BCUT2D eigenvalue weighted by molar-refractivity contribution is -0.122. The van der Waals surface area contributed by atoms with Crippen molar-refractivity contribution in [1.82, 2.24) is 19.4 Å². The molecule has 0 radical (unpaired) electrons. The third kappa shape index (κ3) is 4.56. The Morgan fingerprint density at radius 2 is 1.78 bits per heavy atom. The number of carbonyl (C=O) groups is 1. The normalized spacial score (nSPS) is 13.0. The minimum Gasteiger partial charge on any atom is -0.348 e. The summed E-state index contributed by atoms with van der Waals surface area (Å²) < 4.78 is 28.6. The topological polar surface area (TPSA) is 84.3 Å². The van der Waals surface area contributed by atoms with Crippen LogP contribution in [-0.2, 0) is 21.4 Å². The van der Waals surface area contributed by atoms with Crippen molar-refractivity contribution in [3.8, 4) is 0 Å². The number of aryl methyl sites for hydroxylation is 1. The Balaban J connectivity index is 2.20. The molecule has 2 rings (SSSR count). The molecule has 0 aliphatic heterocycles. The Hall–Kier alpha value is -2.19. The fraction of sp³-hybridized carbons (Fsp3) is 0.474. The number of amides is 1. The van der Waals surface area contributed by atoms with E-state index in [2.05, 4.69) is 10.4 Å². The number of nitrogens with zero attached hydrogens (tertiary/aromatic N) is 3. The molecule has 2 aromatic rings. The van der Waals surface area contributed by atoms with E-state index in [0.29, 0.717) is 24.5 Å². The minimum absolute atomic E-state index is 0.0301. The van der Waals surface area contributed by atoms with Crippen LogP contribution in [-0.4, -0.2) is 41.5 Å². The highest BCUT2D eigenvalue weighted by atomic mass is 32.2. The van der Waals surface area contributed by atoms with Crippen LogP contribution in [0.3, 0.4) is 0 Å². The van der Waals surface area contributed by atoms with Crippen molar-refractivity contribution in [1.29, 1.82) is 0 Å². The largest absolute Gasteiger partial charge is 0.348 e. The number of nitrogens with one attached hydrogen (secondary N) is 1. The minimum atomic E-state index is -3.63. The van der Waals surface area contributed by atoms with Crippen LogP contribution in [0.5, 0.6) is 0 Å². The lowest BCUT2D eigenvalue weighted by Crippen LogP contribution is -2.32. The van der Waals surface area contributed by atoms with Crippen LogP contribution in [0.2, 0.25) is 0 Å². The van der Waals surface area contributed by atoms with Gasteiger partial charge in [-0.05, 0) is 26.3 Å². The Kier molecular flexibility index (Phi) is 6.78.